The van der Waals surface area contributed by atoms with Crippen molar-refractivity contribution in [2.45, 2.75) is 32.6 Å². The molecule has 26 heavy (non-hydrogen) atoms. The number of carbonyl (C=O) groups excluding carboxylic acids is 1. The Bertz CT molecular complexity index is 948. The number of nitrogens with one attached hydrogen (secondary N) is 2. The van der Waals surface area contributed by atoms with Gasteiger partial charge in [0.1, 0.15) is 0 Å². The van der Waals surface area contributed by atoms with Crippen LogP contribution in [-0.4, -0.2) is 16.2 Å². The summed E-state index contributed by atoms with van der Waals surface area (Å²) in [7, 11) is 0. The predicted octanol–water partition coefficient (Wildman–Crippen LogP) is 4.57. The zero-order valence-electron chi connectivity index (χ0n) is 14.6. The molecule has 1 heterocycles. The highest BCUT2D eigenvalue weighted by Crippen LogP contribution is 2.28. The summed E-state index contributed by atoms with van der Waals surface area (Å²) in [6, 6.07) is 13.2. The number of rotatable bonds is 3. The van der Waals surface area contributed by atoms with Crippen molar-refractivity contribution in [3.63, 3.8) is 0 Å². The van der Waals surface area contributed by atoms with E-state index in [1.54, 1.807) is 6.92 Å². The van der Waals surface area contributed by atoms with E-state index < -0.39 is 0 Å². The van der Waals surface area contributed by atoms with Crippen molar-refractivity contribution in [1.82, 2.24) is 10.1 Å². The van der Waals surface area contributed by atoms with E-state index in [2.05, 4.69) is 26.8 Å². The molecule has 0 saturated heterocycles. The van der Waals surface area contributed by atoms with Crippen LogP contribution in [0.25, 0.3) is 11.4 Å². The molecule has 1 aliphatic carbocycles. The first-order valence-electron chi connectivity index (χ1n) is 8.78. The lowest BCUT2D eigenvalue weighted by Gasteiger charge is -2.19. The fraction of sp³-hybridized carbons (Fsp3) is 0.250. The van der Waals surface area contributed by atoms with Gasteiger partial charge < -0.3 is 15.2 Å². The molecule has 2 N–H and O–H groups in total. The molecule has 3 aromatic rings. The maximum absolute atomic E-state index is 12.4. The monoisotopic (exact) mass is 348 g/mol. The minimum Gasteiger partial charge on any atom is -0.339 e. The standard InChI is InChI=1S/C20H20N4O2/c1-13-21-19(24-26-13)15-8-4-9-16(12-15)22-20(25)23-18-11-5-7-14-6-2-3-10-17(14)18/h4-5,7-9,11-12H,2-3,6,10H2,1H3,(H2,22,23,25). The van der Waals surface area contributed by atoms with Gasteiger partial charge in [0.25, 0.3) is 0 Å². The van der Waals surface area contributed by atoms with Crippen LogP contribution in [0.3, 0.4) is 0 Å². The van der Waals surface area contributed by atoms with E-state index in [0.29, 0.717) is 17.4 Å². The Labute approximate surface area is 151 Å². The molecular formula is C20H20N4O2. The third-order valence-corrected chi connectivity index (χ3v) is 4.55. The van der Waals surface area contributed by atoms with Crippen LogP contribution in [0.4, 0.5) is 16.2 Å². The van der Waals surface area contributed by atoms with E-state index in [-0.39, 0.29) is 6.03 Å². The highest BCUT2D eigenvalue weighted by atomic mass is 16.5. The van der Waals surface area contributed by atoms with Gasteiger partial charge in [-0.3, -0.25) is 0 Å². The fourth-order valence-corrected chi connectivity index (χ4v) is 3.34. The van der Waals surface area contributed by atoms with Crippen LogP contribution < -0.4 is 10.6 Å². The molecule has 4 rings (SSSR count). The van der Waals surface area contributed by atoms with Gasteiger partial charge in [0.05, 0.1) is 0 Å². The molecule has 0 unspecified atom stereocenters. The Morgan fingerprint density at radius 1 is 1.08 bits per heavy atom. The van der Waals surface area contributed by atoms with E-state index >= 15 is 0 Å². The molecule has 0 bridgehead atoms. The van der Waals surface area contributed by atoms with Gasteiger partial charge in [-0.05, 0) is 55.0 Å². The van der Waals surface area contributed by atoms with Gasteiger partial charge in [-0.1, -0.05) is 29.4 Å². The van der Waals surface area contributed by atoms with Crippen molar-refractivity contribution < 1.29 is 9.32 Å². The Morgan fingerprint density at radius 2 is 1.92 bits per heavy atom. The summed E-state index contributed by atoms with van der Waals surface area (Å²) in [5.41, 5.74) is 4.95. The average molecular weight is 348 g/mol. The second-order valence-corrected chi connectivity index (χ2v) is 6.45. The highest BCUT2D eigenvalue weighted by Gasteiger charge is 2.14. The van der Waals surface area contributed by atoms with Crippen LogP contribution >= 0.6 is 0 Å². The molecule has 0 saturated carbocycles. The number of fused-ring (bicyclic) bond motifs is 1. The molecule has 0 fully saturated rings. The molecule has 0 atom stereocenters. The number of hydrogen-bond donors (Lipinski definition) is 2. The van der Waals surface area contributed by atoms with Gasteiger partial charge in [0.15, 0.2) is 0 Å². The van der Waals surface area contributed by atoms with Crippen molar-refractivity contribution in [2.75, 3.05) is 10.6 Å². The Morgan fingerprint density at radius 3 is 2.77 bits per heavy atom. The number of benzene rings is 2. The summed E-state index contributed by atoms with van der Waals surface area (Å²) in [4.78, 5) is 16.7. The number of nitrogens with zero attached hydrogens (tertiary/aromatic N) is 2. The fourth-order valence-electron chi connectivity index (χ4n) is 3.34. The second-order valence-electron chi connectivity index (χ2n) is 6.45. The first-order valence-corrected chi connectivity index (χ1v) is 8.78. The molecule has 6 nitrogen and oxygen atoms in total. The molecule has 0 spiro atoms. The van der Waals surface area contributed by atoms with Gasteiger partial charge in [0.2, 0.25) is 11.7 Å². The number of aryl methyl sites for hydroxylation is 2. The lowest BCUT2D eigenvalue weighted by Crippen LogP contribution is -2.21. The third kappa shape index (κ3) is 3.44. The van der Waals surface area contributed by atoms with E-state index in [4.69, 9.17) is 4.52 Å². The number of hydrogen-bond acceptors (Lipinski definition) is 4. The summed E-state index contributed by atoms with van der Waals surface area (Å²) in [5, 5.41) is 9.77. The maximum atomic E-state index is 12.4. The van der Waals surface area contributed by atoms with E-state index in [0.717, 1.165) is 24.1 Å². The smallest absolute Gasteiger partial charge is 0.323 e. The second kappa shape index (κ2) is 7.00. The van der Waals surface area contributed by atoms with Crippen molar-refractivity contribution in [3.05, 3.63) is 59.5 Å². The van der Waals surface area contributed by atoms with Crippen LogP contribution in [0.1, 0.15) is 29.9 Å². The molecule has 132 valence electrons. The van der Waals surface area contributed by atoms with Crippen LogP contribution in [0.15, 0.2) is 47.0 Å². The Balaban J connectivity index is 1.49. The van der Waals surface area contributed by atoms with E-state index in [9.17, 15) is 4.79 Å². The van der Waals surface area contributed by atoms with Crippen LogP contribution in [0, 0.1) is 6.92 Å². The first-order chi connectivity index (χ1) is 12.7. The number of amides is 2. The largest absolute Gasteiger partial charge is 0.339 e. The van der Waals surface area contributed by atoms with Crippen molar-refractivity contribution in [2.24, 2.45) is 0 Å². The Kier molecular flexibility index (Phi) is 4.39. The SMILES string of the molecule is Cc1nc(-c2cccc(NC(=O)Nc3cccc4c3CCCC4)c2)no1. The number of carbonyl (C=O) groups is 1. The van der Waals surface area contributed by atoms with Gasteiger partial charge in [0, 0.05) is 23.9 Å². The Hall–Kier alpha value is -3.15. The van der Waals surface area contributed by atoms with Gasteiger partial charge in [-0.15, -0.1) is 0 Å². The summed E-state index contributed by atoms with van der Waals surface area (Å²) in [6.07, 6.45) is 4.47. The minimum absolute atomic E-state index is 0.259. The maximum Gasteiger partial charge on any atom is 0.323 e. The lowest BCUT2D eigenvalue weighted by molar-refractivity contribution is 0.262. The lowest BCUT2D eigenvalue weighted by atomic mass is 9.90. The number of aromatic nitrogens is 2. The van der Waals surface area contributed by atoms with Gasteiger partial charge >= 0.3 is 6.03 Å². The number of anilines is 2. The van der Waals surface area contributed by atoms with Crippen molar-refractivity contribution in [3.8, 4) is 11.4 Å². The topological polar surface area (TPSA) is 80.0 Å². The zero-order valence-corrected chi connectivity index (χ0v) is 14.6. The van der Waals surface area contributed by atoms with Crippen LogP contribution in [0.5, 0.6) is 0 Å². The van der Waals surface area contributed by atoms with Crippen LogP contribution in [0.2, 0.25) is 0 Å². The summed E-state index contributed by atoms with van der Waals surface area (Å²) in [6.45, 7) is 1.74. The molecule has 2 aromatic carbocycles. The van der Waals surface area contributed by atoms with Crippen molar-refractivity contribution in [1.29, 1.82) is 0 Å². The quantitative estimate of drug-likeness (QED) is 0.727. The molecule has 6 heteroatoms. The summed E-state index contributed by atoms with van der Waals surface area (Å²) < 4.78 is 5.01. The predicted molar refractivity (Wildman–Crippen MR) is 100 cm³/mol. The molecule has 0 radical (unpaired) electrons. The van der Waals surface area contributed by atoms with E-state index in [1.807, 2.05) is 36.4 Å². The summed E-state index contributed by atoms with van der Waals surface area (Å²) >= 11 is 0. The normalized spacial score (nSPS) is 13.1. The molecule has 0 aliphatic heterocycles. The van der Waals surface area contributed by atoms with Crippen LogP contribution in [-0.2, 0) is 12.8 Å². The number of urea groups is 1. The minimum atomic E-state index is -0.259. The zero-order chi connectivity index (χ0) is 17.9. The average Bonchev–Trinajstić information content (AvgIpc) is 3.09. The highest BCUT2D eigenvalue weighted by molar-refractivity contribution is 6.00. The van der Waals surface area contributed by atoms with Gasteiger partial charge in [-0.25, -0.2) is 4.79 Å². The summed E-state index contributed by atoms with van der Waals surface area (Å²) in [5.74, 6) is 1.01. The van der Waals surface area contributed by atoms with Crippen molar-refractivity contribution >= 4 is 17.4 Å². The molecular weight excluding hydrogens is 328 g/mol. The van der Waals surface area contributed by atoms with Gasteiger partial charge in [-0.2, -0.15) is 4.98 Å². The van der Waals surface area contributed by atoms with E-state index in [1.165, 1.54) is 24.0 Å². The molecule has 2 amide bonds. The first kappa shape index (κ1) is 16.3. The third-order valence-electron chi connectivity index (χ3n) is 4.55. The molecule has 1 aliphatic rings. The molecule has 1 aromatic heterocycles.